The van der Waals surface area contributed by atoms with Gasteiger partial charge in [-0.1, -0.05) is 24.3 Å². The first kappa shape index (κ1) is 8.82. The molecule has 2 heterocycles. The minimum Gasteiger partial charge on any atom is -0.247 e. The molecule has 1 aromatic carbocycles. The van der Waals surface area contributed by atoms with Crippen LogP contribution in [0.25, 0.3) is 22.4 Å². The van der Waals surface area contributed by atoms with Crippen LogP contribution in [0.4, 0.5) is 0 Å². The third-order valence-corrected chi connectivity index (χ3v) is 3.14. The second kappa shape index (κ2) is 3.10. The molecule has 17 heavy (non-hydrogen) atoms. The summed E-state index contributed by atoms with van der Waals surface area (Å²) in [7, 11) is 0. The SMILES string of the molecule is c1ccc2c(c1)Cc1nc3cccnc3nc1-2. The summed E-state index contributed by atoms with van der Waals surface area (Å²) in [6.45, 7) is 0. The highest BCUT2D eigenvalue weighted by molar-refractivity contribution is 5.79. The molecule has 80 valence electrons. The van der Waals surface area contributed by atoms with Gasteiger partial charge in [0.1, 0.15) is 5.52 Å². The van der Waals surface area contributed by atoms with Crippen LogP contribution < -0.4 is 0 Å². The maximum atomic E-state index is 4.65. The molecule has 0 saturated heterocycles. The van der Waals surface area contributed by atoms with Crippen molar-refractivity contribution in [2.24, 2.45) is 0 Å². The summed E-state index contributed by atoms with van der Waals surface area (Å²) in [4.78, 5) is 13.5. The van der Waals surface area contributed by atoms with Crippen LogP contribution in [-0.2, 0) is 6.42 Å². The van der Waals surface area contributed by atoms with Crippen molar-refractivity contribution < 1.29 is 0 Å². The summed E-state index contributed by atoms with van der Waals surface area (Å²) in [6, 6.07) is 12.2. The largest absolute Gasteiger partial charge is 0.247 e. The lowest BCUT2D eigenvalue weighted by Gasteiger charge is -2.01. The number of pyridine rings is 1. The summed E-state index contributed by atoms with van der Waals surface area (Å²) in [5.74, 6) is 0. The molecule has 4 rings (SSSR count). The van der Waals surface area contributed by atoms with Crippen LogP contribution >= 0.6 is 0 Å². The molecule has 1 aliphatic carbocycles. The maximum absolute atomic E-state index is 4.65. The average molecular weight is 219 g/mol. The van der Waals surface area contributed by atoms with Crippen molar-refractivity contribution >= 4 is 11.2 Å². The van der Waals surface area contributed by atoms with Crippen molar-refractivity contribution in [3.63, 3.8) is 0 Å². The van der Waals surface area contributed by atoms with Gasteiger partial charge in [-0.25, -0.2) is 15.0 Å². The van der Waals surface area contributed by atoms with E-state index in [1.807, 2.05) is 18.2 Å². The molecule has 3 nitrogen and oxygen atoms in total. The van der Waals surface area contributed by atoms with E-state index in [1.54, 1.807) is 6.20 Å². The van der Waals surface area contributed by atoms with E-state index >= 15 is 0 Å². The summed E-state index contributed by atoms with van der Waals surface area (Å²) >= 11 is 0. The van der Waals surface area contributed by atoms with Gasteiger partial charge < -0.3 is 0 Å². The number of rotatable bonds is 0. The lowest BCUT2D eigenvalue weighted by atomic mass is 10.1. The molecular formula is C14H9N3. The third-order valence-electron chi connectivity index (χ3n) is 3.14. The van der Waals surface area contributed by atoms with Gasteiger partial charge in [0.05, 0.1) is 11.4 Å². The van der Waals surface area contributed by atoms with Crippen LogP contribution in [0.2, 0.25) is 0 Å². The van der Waals surface area contributed by atoms with Crippen molar-refractivity contribution in [2.45, 2.75) is 6.42 Å². The van der Waals surface area contributed by atoms with Crippen molar-refractivity contribution in [1.82, 2.24) is 15.0 Å². The summed E-state index contributed by atoms with van der Waals surface area (Å²) in [5.41, 5.74) is 6.15. The first-order valence-corrected chi connectivity index (χ1v) is 5.62. The topological polar surface area (TPSA) is 38.7 Å². The molecule has 0 spiro atoms. The standard InChI is InChI=1S/C14H9N3/c1-2-5-10-9(4-1)8-12-13(10)17-14-11(16-12)6-3-7-15-14/h1-7H,8H2. The molecule has 3 aromatic rings. The number of hydrogen-bond acceptors (Lipinski definition) is 3. The van der Waals surface area contributed by atoms with E-state index in [4.69, 9.17) is 0 Å². The normalized spacial score (nSPS) is 12.5. The first-order valence-electron chi connectivity index (χ1n) is 5.62. The van der Waals surface area contributed by atoms with Gasteiger partial charge >= 0.3 is 0 Å². The van der Waals surface area contributed by atoms with Gasteiger partial charge in [-0.15, -0.1) is 0 Å². The Balaban J connectivity index is 2.07. The van der Waals surface area contributed by atoms with Crippen molar-refractivity contribution in [1.29, 1.82) is 0 Å². The Hall–Kier alpha value is -2.29. The fourth-order valence-electron chi connectivity index (χ4n) is 2.36. The third kappa shape index (κ3) is 1.19. The van der Waals surface area contributed by atoms with Crippen molar-refractivity contribution in [3.8, 4) is 11.3 Å². The quantitative estimate of drug-likeness (QED) is 0.456. The molecule has 0 radical (unpaired) electrons. The second-order valence-electron chi connectivity index (χ2n) is 4.20. The maximum Gasteiger partial charge on any atom is 0.178 e. The lowest BCUT2D eigenvalue weighted by Crippen LogP contribution is -1.93. The molecule has 0 bridgehead atoms. The highest BCUT2D eigenvalue weighted by Gasteiger charge is 2.21. The fourth-order valence-corrected chi connectivity index (χ4v) is 2.36. The van der Waals surface area contributed by atoms with Crippen LogP contribution in [0.5, 0.6) is 0 Å². The van der Waals surface area contributed by atoms with E-state index in [9.17, 15) is 0 Å². The van der Waals surface area contributed by atoms with Gasteiger partial charge in [-0.3, -0.25) is 0 Å². The van der Waals surface area contributed by atoms with Gasteiger partial charge in [0.15, 0.2) is 5.65 Å². The summed E-state index contributed by atoms with van der Waals surface area (Å²) < 4.78 is 0. The molecule has 1 aliphatic rings. The molecule has 0 fully saturated rings. The Bertz CT molecular complexity index is 734. The number of benzene rings is 1. The minimum atomic E-state index is 0.725. The van der Waals surface area contributed by atoms with E-state index in [-0.39, 0.29) is 0 Å². The predicted molar refractivity (Wildman–Crippen MR) is 65.6 cm³/mol. The van der Waals surface area contributed by atoms with Crippen LogP contribution in [0.1, 0.15) is 11.3 Å². The predicted octanol–water partition coefficient (Wildman–Crippen LogP) is 2.60. The number of nitrogens with zero attached hydrogens (tertiary/aromatic N) is 3. The molecular weight excluding hydrogens is 210 g/mol. The molecule has 2 aromatic heterocycles. The zero-order valence-corrected chi connectivity index (χ0v) is 9.09. The Morgan fingerprint density at radius 3 is 2.88 bits per heavy atom. The van der Waals surface area contributed by atoms with E-state index in [0.29, 0.717) is 0 Å². The molecule has 3 heteroatoms. The zero-order valence-electron chi connectivity index (χ0n) is 9.09. The highest BCUT2D eigenvalue weighted by Crippen LogP contribution is 2.34. The van der Waals surface area contributed by atoms with E-state index < -0.39 is 0 Å². The first-order chi connectivity index (χ1) is 8.42. The highest BCUT2D eigenvalue weighted by atomic mass is 14.9. The van der Waals surface area contributed by atoms with Gasteiger partial charge in [0.25, 0.3) is 0 Å². The smallest absolute Gasteiger partial charge is 0.178 e. The number of aromatic nitrogens is 3. The van der Waals surface area contributed by atoms with Crippen LogP contribution in [0, 0.1) is 0 Å². The Kier molecular flexibility index (Phi) is 1.61. The van der Waals surface area contributed by atoms with Gasteiger partial charge in [0, 0.05) is 18.2 Å². The molecule has 0 N–H and O–H groups in total. The Labute approximate surface area is 98.2 Å². The van der Waals surface area contributed by atoms with E-state index in [1.165, 1.54) is 11.1 Å². The van der Waals surface area contributed by atoms with Gasteiger partial charge in [0.2, 0.25) is 0 Å². The minimum absolute atomic E-state index is 0.725. The fraction of sp³-hybridized carbons (Fsp3) is 0.0714. The summed E-state index contributed by atoms with van der Waals surface area (Å²) in [6.07, 6.45) is 2.63. The summed E-state index contributed by atoms with van der Waals surface area (Å²) in [5, 5.41) is 0. The van der Waals surface area contributed by atoms with Gasteiger partial charge in [-0.05, 0) is 17.7 Å². The monoisotopic (exact) mass is 219 g/mol. The number of fused-ring (bicyclic) bond motifs is 4. The molecule has 0 saturated carbocycles. The van der Waals surface area contributed by atoms with Crippen LogP contribution in [-0.4, -0.2) is 15.0 Å². The van der Waals surface area contributed by atoms with E-state index in [2.05, 4.69) is 33.2 Å². The molecule has 0 amide bonds. The van der Waals surface area contributed by atoms with Crippen molar-refractivity contribution in [2.75, 3.05) is 0 Å². The van der Waals surface area contributed by atoms with Crippen LogP contribution in [0.3, 0.4) is 0 Å². The molecule has 0 atom stereocenters. The molecule has 0 aliphatic heterocycles. The van der Waals surface area contributed by atoms with E-state index in [0.717, 1.165) is 29.0 Å². The number of hydrogen-bond donors (Lipinski definition) is 0. The van der Waals surface area contributed by atoms with Gasteiger partial charge in [-0.2, -0.15) is 0 Å². The average Bonchev–Trinajstić information content (AvgIpc) is 2.73. The van der Waals surface area contributed by atoms with Crippen molar-refractivity contribution in [3.05, 3.63) is 53.9 Å². The zero-order chi connectivity index (χ0) is 11.2. The Morgan fingerprint density at radius 2 is 1.88 bits per heavy atom. The second-order valence-corrected chi connectivity index (χ2v) is 4.20. The Morgan fingerprint density at radius 1 is 0.941 bits per heavy atom. The van der Waals surface area contributed by atoms with Crippen LogP contribution in [0.15, 0.2) is 42.6 Å². The molecule has 0 unspecified atom stereocenters. The lowest BCUT2D eigenvalue weighted by molar-refractivity contribution is 1.11.